The third kappa shape index (κ3) is 4.20. The van der Waals surface area contributed by atoms with Gasteiger partial charge in [0.1, 0.15) is 23.5 Å². The third-order valence-corrected chi connectivity index (χ3v) is 4.95. The van der Waals surface area contributed by atoms with E-state index in [1.165, 1.54) is 6.20 Å². The molecule has 4 heterocycles. The van der Waals surface area contributed by atoms with E-state index < -0.39 is 24.2 Å². The third-order valence-electron chi connectivity index (χ3n) is 4.95. The molecule has 3 aromatic heterocycles. The minimum Gasteiger partial charge on any atom is -0.381 e. The zero-order chi connectivity index (χ0) is 21.2. The maximum absolute atomic E-state index is 12.7. The average molecular weight is 424 g/mol. The maximum Gasteiger partial charge on any atom is 0.405 e. The first-order chi connectivity index (χ1) is 14.4. The summed E-state index contributed by atoms with van der Waals surface area (Å²) < 4.78 is 43.1. The molecule has 8 nitrogen and oxygen atoms in total. The standard InChI is InChI=1S/C19H19F3N6O2.2H2/c20-19(21,22)11-26-17(29)18(4-8-30-9-5-18)28-14-3-7-24-16(27-14)13-10-25-15-12(13)2-1-6-23-15;;/h1-3,6-7,10H,4-5,8-9,11H2,(H,23,25)(H,26,29)(H,24,27,28);2*1H. The van der Waals surface area contributed by atoms with E-state index in [1.54, 1.807) is 24.5 Å². The summed E-state index contributed by atoms with van der Waals surface area (Å²) in [4.78, 5) is 28.7. The number of aromatic amines is 1. The first-order valence-corrected chi connectivity index (χ1v) is 9.33. The number of amides is 1. The van der Waals surface area contributed by atoms with Gasteiger partial charge in [-0.15, -0.1) is 0 Å². The van der Waals surface area contributed by atoms with Crippen molar-refractivity contribution < 1.29 is 25.6 Å². The number of fused-ring (bicyclic) bond motifs is 1. The number of pyridine rings is 1. The number of hydrogen-bond donors (Lipinski definition) is 3. The molecule has 0 atom stereocenters. The van der Waals surface area contributed by atoms with Gasteiger partial charge in [-0.2, -0.15) is 13.2 Å². The molecule has 1 aliphatic heterocycles. The summed E-state index contributed by atoms with van der Waals surface area (Å²) in [7, 11) is 0. The second kappa shape index (κ2) is 7.90. The molecule has 1 amide bonds. The lowest BCUT2D eigenvalue weighted by Gasteiger charge is -2.37. The second-order valence-electron chi connectivity index (χ2n) is 6.98. The van der Waals surface area contributed by atoms with Crippen LogP contribution in [0.4, 0.5) is 19.0 Å². The Morgan fingerprint density at radius 3 is 2.80 bits per heavy atom. The number of rotatable bonds is 5. The van der Waals surface area contributed by atoms with Gasteiger partial charge >= 0.3 is 6.18 Å². The van der Waals surface area contributed by atoms with E-state index in [1.807, 2.05) is 11.4 Å². The minimum atomic E-state index is -4.49. The number of halogens is 3. The number of hydrogen-bond acceptors (Lipinski definition) is 6. The molecule has 0 unspecified atom stereocenters. The SMILES string of the molecule is O=C(NCC(F)(F)F)C1(Nc2ccnc(-c3c[nH]c4ncccc34)n2)CCOCC1.[HH].[HH]. The van der Waals surface area contributed by atoms with Crippen LogP contribution in [0.25, 0.3) is 22.4 Å². The van der Waals surface area contributed by atoms with Crippen LogP contribution in [0.1, 0.15) is 15.7 Å². The lowest BCUT2D eigenvalue weighted by atomic mass is 9.88. The summed E-state index contributed by atoms with van der Waals surface area (Å²) in [5.74, 6) is -0.000889. The van der Waals surface area contributed by atoms with Gasteiger partial charge in [-0.1, -0.05) is 0 Å². The van der Waals surface area contributed by atoms with Crippen molar-refractivity contribution in [3.8, 4) is 11.4 Å². The van der Waals surface area contributed by atoms with Crippen molar-refractivity contribution in [2.24, 2.45) is 0 Å². The van der Waals surface area contributed by atoms with Crippen LogP contribution in [-0.2, 0) is 9.53 Å². The smallest absolute Gasteiger partial charge is 0.381 e. The Bertz CT molecular complexity index is 1060. The van der Waals surface area contributed by atoms with Crippen molar-refractivity contribution in [2.75, 3.05) is 25.1 Å². The van der Waals surface area contributed by atoms with Crippen molar-refractivity contribution in [3.63, 3.8) is 0 Å². The van der Waals surface area contributed by atoms with Crippen molar-refractivity contribution in [3.05, 3.63) is 36.8 Å². The van der Waals surface area contributed by atoms with Gasteiger partial charge in [0.2, 0.25) is 5.91 Å². The van der Waals surface area contributed by atoms with Crippen molar-refractivity contribution >= 4 is 22.8 Å². The van der Waals surface area contributed by atoms with E-state index in [0.29, 0.717) is 17.3 Å². The Balaban J connectivity index is 0.00000181. The Morgan fingerprint density at radius 1 is 1.23 bits per heavy atom. The molecule has 11 heteroatoms. The number of alkyl halides is 3. The van der Waals surface area contributed by atoms with E-state index in [2.05, 4.69) is 25.3 Å². The molecule has 0 radical (unpaired) electrons. The van der Waals surface area contributed by atoms with Crippen LogP contribution in [0, 0.1) is 0 Å². The predicted molar refractivity (Wildman–Crippen MR) is 107 cm³/mol. The highest BCUT2D eigenvalue weighted by atomic mass is 19.4. The lowest BCUT2D eigenvalue weighted by Crippen LogP contribution is -2.57. The zero-order valence-corrected chi connectivity index (χ0v) is 15.8. The number of aromatic nitrogens is 4. The Labute approximate surface area is 172 Å². The van der Waals surface area contributed by atoms with Gasteiger partial charge in [0, 0.05) is 58.4 Å². The number of nitrogens with zero attached hydrogens (tertiary/aromatic N) is 3. The van der Waals surface area contributed by atoms with Crippen molar-refractivity contribution in [1.82, 2.24) is 25.3 Å². The van der Waals surface area contributed by atoms with Crippen molar-refractivity contribution in [1.29, 1.82) is 0 Å². The normalized spacial score (nSPS) is 16.4. The molecule has 30 heavy (non-hydrogen) atoms. The van der Waals surface area contributed by atoms with Gasteiger partial charge in [-0.25, -0.2) is 15.0 Å². The van der Waals surface area contributed by atoms with E-state index in [9.17, 15) is 18.0 Å². The van der Waals surface area contributed by atoms with E-state index in [0.717, 1.165) is 10.9 Å². The number of nitrogens with one attached hydrogen (secondary N) is 3. The van der Waals surface area contributed by atoms with E-state index in [-0.39, 0.29) is 28.9 Å². The zero-order valence-electron chi connectivity index (χ0n) is 15.8. The molecule has 1 fully saturated rings. The molecular weight excluding hydrogens is 401 g/mol. The Kier molecular flexibility index (Phi) is 5.29. The summed E-state index contributed by atoms with van der Waals surface area (Å²) in [5.41, 5.74) is 0.155. The summed E-state index contributed by atoms with van der Waals surface area (Å²) in [6, 6.07) is 5.25. The number of H-pyrrole nitrogens is 1. The molecule has 162 valence electrons. The molecule has 0 aliphatic carbocycles. The van der Waals surface area contributed by atoms with Crippen LogP contribution in [0.3, 0.4) is 0 Å². The van der Waals surface area contributed by atoms with E-state index >= 15 is 0 Å². The fourth-order valence-corrected chi connectivity index (χ4v) is 3.42. The predicted octanol–water partition coefficient (Wildman–Crippen LogP) is 3.15. The number of carbonyl (C=O) groups is 1. The maximum atomic E-state index is 12.7. The summed E-state index contributed by atoms with van der Waals surface area (Å²) in [6.45, 7) is -0.898. The Morgan fingerprint density at radius 2 is 2.03 bits per heavy atom. The summed E-state index contributed by atoms with van der Waals surface area (Å²) in [6.07, 6.45) is 0.862. The van der Waals surface area contributed by atoms with Crippen LogP contribution in [0.15, 0.2) is 36.8 Å². The van der Waals surface area contributed by atoms with Crippen LogP contribution in [0.5, 0.6) is 0 Å². The fourth-order valence-electron chi connectivity index (χ4n) is 3.42. The lowest BCUT2D eigenvalue weighted by molar-refractivity contribution is -0.142. The highest BCUT2D eigenvalue weighted by molar-refractivity contribution is 5.92. The molecule has 0 spiro atoms. The van der Waals surface area contributed by atoms with Gasteiger partial charge in [0.25, 0.3) is 0 Å². The molecule has 0 saturated carbocycles. The van der Waals surface area contributed by atoms with Gasteiger partial charge < -0.3 is 20.4 Å². The summed E-state index contributed by atoms with van der Waals surface area (Å²) in [5, 5.41) is 5.86. The first kappa shape index (κ1) is 20.1. The van der Waals surface area contributed by atoms with E-state index in [4.69, 9.17) is 4.74 Å². The first-order valence-electron chi connectivity index (χ1n) is 9.33. The molecule has 0 aromatic carbocycles. The minimum absolute atomic E-state index is 0. The largest absolute Gasteiger partial charge is 0.405 e. The molecule has 4 rings (SSSR count). The van der Waals surface area contributed by atoms with Crippen LogP contribution in [0.2, 0.25) is 0 Å². The Hall–Kier alpha value is -3.21. The number of ether oxygens (including phenoxy) is 1. The van der Waals surface area contributed by atoms with Crippen molar-refractivity contribution in [2.45, 2.75) is 24.6 Å². The molecule has 3 aromatic rings. The molecule has 3 N–H and O–H groups in total. The molecular formula is C19H23F3N6O2. The van der Waals surface area contributed by atoms with Gasteiger partial charge in [-0.3, -0.25) is 4.79 Å². The summed E-state index contributed by atoms with van der Waals surface area (Å²) >= 11 is 0. The highest BCUT2D eigenvalue weighted by Gasteiger charge is 2.42. The average Bonchev–Trinajstić information content (AvgIpc) is 3.16. The molecule has 1 saturated heterocycles. The van der Waals surface area contributed by atoms with Gasteiger partial charge in [0.05, 0.1) is 0 Å². The number of carbonyl (C=O) groups excluding carboxylic acids is 1. The second-order valence-corrected chi connectivity index (χ2v) is 6.98. The van der Waals surface area contributed by atoms with Crippen LogP contribution in [-0.4, -0.2) is 57.3 Å². The molecule has 1 aliphatic rings. The highest BCUT2D eigenvalue weighted by Crippen LogP contribution is 2.29. The van der Waals surface area contributed by atoms with Crippen LogP contribution >= 0.6 is 0 Å². The quantitative estimate of drug-likeness (QED) is 0.581. The molecule has 0 bridgehead atoms. The number of anilines is 1. The topological polar surface area (TPSA) is 105 Å². The monoisotopic (exact) mass is 424 g/mol. The van der Waals surface area contributed by atoms with Crippen LogP contribution < -0.4 is 10.6 Å². The fraction of sp³-hybridized carbons (Fsp3) is 0.368. The van der Waals surface area contributed by atoms with Gasteiger partial charge in [-0.05, 0) is 18.2 Å². The van der Waals surface area contributed by atoms with Gasteiger partial charge in [0.15, 0.2) is 5.82 Å².